The number of rotatable bonds is 2. The predicted octanol–water partition coefficient (Wildman–Crippen LogP) is 2.42. The number of halogens is 3. The van der Waals surface area contributed by atoms with E-state index in [9.17, 15) is 18.0 Å². The minimum atomic E-state index is -4.27. The zero-order chi connectivity index (χ0) is 14.2. The monoisotopic (exact) mass is 272 g/mol. The van der Waals surface area contributed by atoms with E-state index in [1.807, 2.05) is 0 Å². The summed E-state index contributed by atoms with van der Waals surface area (Å²) in [5.41, 5.74) is 5.91. The Morgan fingerprint density at radius 3 is 2.63 bits per heavy atom. The minimum Gasteiger partial charge on any atom is -0.368 e. The number of alkyl halides is 3. The fourth-order valence-corrected chi connectivity index (χ4v) is 2.48. The number of hydrogen-bond acceptors (Lipinski definition) is 2. The maximum atomic E-state index is 13.0. The molecule has 1 aromatic rings. The van der Waals surface area contributed by atoms with Crippen LogP contribution >= 0.6 is 0 Å². The Hall–Kier alpha value is -1.72. The Labute approximate surface area is 109 Å². The van der Waals surface area contributed by atoms with Crippen molar-refractivity contribution >= 4 is 11.6 Å². The highest BCUT2D eigenvalue weighted by molar-refractivity contribution is 5.83. The third-order valence-electron chi connectivity index (χ3n) is 3.55. The molecule has 104 valence electrons. The van der Waals surface area contributed by atoms with Crippen LogP contribution in [0.5, 0.6) is 0 Å². The number of carbonyl (C=O) groups excluding carboxylic acids is 1. The molecule has 1 aromatic carbocycles. The van der Waals surface area contributed by atoms with Crippen LogP contribution in [0.15, 0.2) is 24.3 Å². The van der Waals surface area contributed by atoms with E-state index < -0.39 is 24.0 Å². The molecule has 0 unspecified atom stereocenters. The molecule has 19 heavy (non-hydrogen) atoms. The van der Waals surface area contributed by atoms with Gasteiger partial charge in [-0.3, -0.25) is 4.79 Å². The van der Waals surface area contributed by atoms with Crippen molar-refractivity contribution < 1.29 is 18.0 Å². The van der Waals surface area contributed by atoms with Gasteiger partial charge in [-0.1, -0.05) is 18.2 Å². The first kappa shape index (κ1) is 13.7. The van der Waals surface area contributed by atoms with Crippen LogP contribution in [0.2, 0.25) is 0 Å². The number of anilines is 1. The lowest BCUT2D eigenvalue weighted by molar-refractivity contribution is -0.152. The summed E-state index contributed by atoms with van der Waals surface area (Å²) in [6.07, 6.45) is -4.32. The third kappa shape index (κ3) is 2.52. The summed E-state index contributed by atoms with van der Waals surface area (Å²) in [5.74, 6) is -2.01. The lowest BCUT2D eigenvalue weighted by Crippen LogP contribution is -2.47. The van der Waals surface area contributed by atoms with E-state index in [-0.39, 0.29) is 18.5 Å². The van der Waals surface area contributed by atoms with E-state index in [1.54, 1.807) is 30.0 Å². The SMILES string of the molecule is C[C@H](C(N)=O)N1CC[C@@H](C(F)(F)F)c2ccccc21. The summed E-state index contributed by atoms with van der Waals surface area (Å²) in [6, 6.07) is 5.70. The molecule has 2 atom stereocenters. The van der Waals surface area contributed by atoms with Crippen LogP contribution in [-0.4, -0.2) is 24.7 Å². The van der Waals surface area contributed by atoms with Crippen molar-refractivity contribution in [2.75, 3.05) is 11.4 Å². The zero-order valence-electron chi connectivity index (χ0n) is 10.4. The van der Waals surface area contributed by atoms with Crippen molar-refractivity contribution in [2.24, 2.45) is 5.73 Å². The number of carbonyl (C=O) groups is 1. The molecule has 0 aromatic heterocycles. The molecular formula is C13H15F3N2O. The quantitative estimate of drug-likeness (QED) is 0.898. The first-order valence-corrected chi connectivity index (χ1v) is 6.04. The highest BCUT2D eigenvalue weighted by Gasteiger charge is 2.44. The van der Waals surface area contributed by atoms with Crippen LogP contribution in [0, 0.1) is 0 Å². The molecule has 0 saturated heterocycles. The molecule has 0 saturated carbocycles. The second-order valence-electron chi connectivity index (χ2n) is 4.71. The van der Waals surface area contributed by atoms with Gasteiger partial charge in [-0.15, -0.1) is 0 Å². The summed E-state index contributed by atoms with van der Waals surface area (Å²) < 4.78 is 39.0. The maximum absolute atomic E-state index is 13.0. The fourth-order valence-electron chi connectivity index (χ4n) is 2.48. The average Bonchev–Trinajstić information content (AvgIpc) is 2.35. The number of para-hydroxylation sites is 1. The number of primary amides is 1. The van der Waals surface area contributed by atoms with Crippen LogP contribution in [0.3, 0.4) is 0 Å². The molecule has 0 radical (unpaired) electrons. The summed E-state index contributed by atoms with van der Waals surface area (Å²) in [7, 11) is 0. The fraction of sp³-hybridized carbons (Fsp3) is 0.462. The molecule has 3 nitrogen and oxygen atoms in total. The Morgan fingerprint density at radius 1 is 1.42 bits per heavy atom. The molecule has 1 amide bonds. The van der Waals surface area contributed by atoms with Gasteiger partial charge in [0.1, 0.15) is 6.04 Å². The van der Waals surface area contributed by atoms with Crippen LogP contribution in [0.1, 0.15) is 24.8 Å². The molecule has 2 N–H and O–H groups in total. The molecule has 0 spiro atoms. The van der Waals surface area contributed by atoms with Crippen molar-refractivity contribution in [2.45, 2.75) is 31.5 Å². The van der Waals surface area contributed by atoms with E-state index in [0.29, 0.717) is 5.69 Å². The van der Waals surface area contributed by atoms with Gasteiger partial charge in [0, 0.05) is 12.2 Å². The highest BCUT2D eigenvalue weighted by atomic mass is 19.4. The van der Waals surface area contributed by atoms with Crippen LogP contribution in [-0.2, 0) is 4.79 Å². The van der Waals surface area contributed by atoms with Gasteiger partial charge < -0.3 is 10.6 Å². The normalized spacial score (nSPS) is 20.8. The Balaban J connectivity index is 2.43. The lowest BCUT2D eigenvalue weighted by Gasteiger charge is -2.38. The molecule has 1 aliphatic rings. The molecule has 6 heteroatoms. The first-order chi connectivity index (χ1) is 8.82. The molecule has 1 heterocycles. The first-order valence-electron chi connectivity index (χ1n) is 6.04. The summed E-state index contributed by atoms with van der Waals surface area (Å²) in [4.78, 5) is 12.9. The van der Waals surface area contributed by atoms with Gasteiger partial charge in [-0.25, -0.2) is 0 Å². The van der Waals surface area contributed by atoms with Gasteiger partial charge >= 0.3 is 6.18 Å². The minimum absolute atomic E-state index is 0.0574. The maximum Gasteiger partial charge on any atom is 0.395 e. The molecule has 1 aliphatic heterocycles. The highest BCUT2D eigenvalue weighted by Crippen LogP contribution is 2.45. The van der Waals surface area contributed by atoms with Crippen LogP contribution in [0.25, 0.3) is 0 Å². The van der Waals surface area contributed by atoms with E-state index in [1.165, 1.54) is 6.07 Å². The van der Waals surface area contributed by atoms with Gasteiger partial charge in [0.2, 0.25) is 5.91 Å². The van der Waals surface area contributed by atoms with E-state index >= 15 is 0 Å². The third-order valence-corrected chi connectivity index (χ3v) is 3.55. The Morgan fingerprint density at radius 2 is 2.05 bits per heavy atom. The Kier molecular flexibility index (Phi) is 3.43. The van der Waals surface area contributed by atoms with Crippen LogP contribution < -0.4 is 10.6 Å². The molecular weight excluding hydrogens is 257 g/mol. The van der Waals surface area contributed by atoms with Gasteiger partial charge in [0.15, 0.2) is 0 Å². The number of fused-ring (bicyclic) bond motifs is 1. The number of nitrogens with two attached hydrogens (primary N) is 1. The second kappa shape index (κ2) is 4.75. The largest absolute Gasteiger partial charge is 0.395 e. The number of amides is 1. The summed E-state index contributed by atoms with van der Waals surface area (Å²) in [6.45, 7) is 1.78. The van der Waals surface area contributed by atoms with E-state index in [0.717, 1.165) is 0 Å². The van der Waals surface area contributed by atoms with Crippen molar-refractivity contribution in [3.8, 4) is 0 Å². The second-order valence-corrected chi connectivity index (χ2v) is 4.71. The topological polar surface area (TPSA) is 46.3 Å². The number of hydrogen-bond donors (Lipinski definition) is 1. The summed E-state index contributed by atoms with van der Waals surface area (Å²) >= 11 is 0. The van der Waals surface area contributed by atoms with Crippen molar-refractivity contribution in [1.29, 1.82) is 0 Å². The van der Waals surface area contributed by atoms with Crippen molar-refractivity contribution in [3.05, 3.63) is 29.8 Å². The van der Waals surface area contributed by atoms with Crippen molar-refractivity contribution in [3.63, 3.8) is 0 Å². The van der Waals surface area contributed by atoms with Gasteiger partial charge in [-0.05, 0) is 25.0 Å². The number of nitrogens with zero attached hydrogens (tertiary/aromatic N) is 1. The van der Waals surface area contributed by atoms with Gasteiger partial charge in [0.25, 0.3) is 0 Å². The summed E-state index contributed by atoms with van der Waals surface area (Å²) in [5, 5.41) is 0. The average molecular weight is 272 g/mol. The van der Waals surface area contributed by atoms with Crippen LogP contribution in [0.4, 0.5) is 18.9 Å². The molecule has 2 rings (SSSR count). The zero-order valence-corrected chi connectivity index (χ0v) is 10.4. The Bertz CT molecular complexity index is 487. The molecule has 0 aliphatic carbocycles. The smallest absolute Gasteiger partial charge is 0.368 e. The number of benzene rings is 1. The van der Waals surface area contributed by atoms with Gasteiger partial charge in [0.05, 0.1) is 5.92 Å². The van der Waals surface area contributed by atoms with E-state index in [4.69, 9.17) is 5.73 Å². The molecule has 0 fully saturated rings. The lowest BCUT2D eigenvalue weighted by atomic mass is 9.88. The molecule has 0 bridgehead atoms. The van der Waals surface area contributed by atoms with Crippen molar-refractivity contribution in [1.82, 2.24) is 0 Å². The standard InChI is InChI=1S/C13H15F3N2O/c1-8(12(17)19)18-7-6-10(13(14,15)16)9-4-2-3-5-11(9)18/h2-5,8,10H,6-7H2,1H3,(H2,17,19)/t8-,10-/m1/s1. The van der Waals surface area contributed by atoms with E-state index in [2.05, 4.69) is 0 Å². The predicted molar refractivity (Wildman–Crippen MR) is 65.9 cm³/mol. The van der Waals surface area contributed by atoms with Gasteiger partial charge in [-0.2, -0.15) is 13.2 Å².